The van der Waals surface area contributed by atoms with Crippen LogP contribution < -0.4 is 19.9 Å². The van der Waals surface area contributed by atoms with Crippen LogP contribution in [0, 0.1) is 6.92 Å². The summed E-state index contributed by atoms with van der Waals surface area (Å²) in [6.45, 7) is 6.63. The predicted octanol–water partition coefficient (Wildman–Crippen LogP) is 1.72. The van der Waals surface area contributed by atoms with Gasteiger partial charge in [0.15, 0.2) is 6.61 Å². The van der Waals surface area contributed by atoms with E-state index in [0.717, 1.165) is 29.1 Å². The lowest BCUT2D eigenvalue weighted by Crippen LogP contribution is -3.13. The first-order valence-corrected chi connectivity index (χ1v) is 10.8. The largest absolute Gasteiger partial charge is 0.482 e. The van der Waals surface area contributed by atoms with Gasteiger partial charge in [-0.1, -0.05) is 18.2 Å². The molecule has 30 heavy (non-hydrogen) atoms. The lowest BCUT2D eigenvalue weighted by Gasteiger charge is -2.29. The van der Waals surface area contributed by atoms with Gasteiger partial charge in [0.25, 0.3) is 11.8 Å². The van der Waals surface area contributed by atoms with Crippen LogP contribution in [0.25, 0.3) is 0 Å². The minimum Gasteiger partial charge on any atom is -0.482 e. The molecule has 2 aromatic carbocycles. The fraction of sp³-hybridized carbons (Fsp3) is 0.417. The van der Waals surface area contributed by atoms with Crippen molar-refractivity contribution in [2.75, 3.05) is 37.7 Å². The van der Waals surface area contributed by atoms with E-state index in [1.165, 1.54) is 32.4 Å². The molecule has 0 bridgehead atoms. The Balaban J connectivity index is 1.34. The quantitative estimate of drug-likeness (QED) is 0.765. The summed E-state index contributed by atoms with van der Waals surface area (Å²) in [5.74, 6) is 0.635. The number of carbonyl (C=O) groups excluding carboxylic acids is 2. The summed E-state index contributed by atoms with van der Waals surface area (Å²) in [7, 11) is 0. The Bertz CT molecular complexity index is 904. The number of rotatable bonds is 6. The standard InChI is InChI=1S/C24H29N3O3/c1-18-5-10-21-22(15-18)30-17-23(28)27(21)16-19-6-8-20(9-7-19)24(29)25-11-14-26-12-3-2-4-13-26/h5-10,15H,2-4,11-14,16-17H2,1H3,(H,25,29)/p+1. The summed E-state index contributed by atoms with van der Waals surface area (Å²) in [6, 6.07) is 13.4. The van der Waals surface area contributed by atoms with Gasteiger partial charge in [0.2, 0.25) is 0 Å². The molecule has 2 aromatic rings. The van der Waals surface area contributed by atoms with E-state index < -0.39 is 0 Å². The van der Waals surface area contributed by atoms with Crippen LogP contribution in [0.1, 0.15) is 40.7 Å². The van der Waals surface area contributed by atoms with Crippen molar-refractivity contribution < 1.29 is 19.2 Å². The topological polar surface area (TPSA) is 63.1 Å². The number of fused-ring (bicyclic) bond motifs is 1. The summed E-state index contributed by atoms with van der Waals surface area (Å²) in [6.07, 6.45) is 3.92. The molecule has 2 aliphatic rings. The highest BCUT2D eigenvalue weighted by molar-refractivity contribution is 5.98. The molecule has 0 radical (unpaired) electrons. The lowest BCUT2D eigenvalue weighted by molar-refractivity contribution is -0.903. The van der Waals surface area contributed by atoms with Crippen LogP contribution in [0.15, 0.2) is 42.5 Å². The van der Waals surface area contributed by atoms with Gasteiger partial charge in [-0.3, -0.25) is 9.59 Å². The maximum absolute atomic E-state index is 12.4. The van der Waals surface area contributed by atoms with E-state index in [-0.39, 0.29) is 18.4 Å². The highest BCUT2D eigenvalue weighted by atomic mass is 16.5. The Kier molecular flexibility index (Phi) is 6.33. The average molecular weight is 409 g/mol. The van der Waals surface area contributed by atoms with Crippen molar-refractivity contribution in [1.29, 1.82) is 0 Å². The van der Waals surface area contributed by atoms with Crippen molar-refractivity contribution in [2.24, 2.45) is 0 Å². The molecule has 0 unspecified atom stereocenters. The van der Waals surface area contributed by atoms with Gasteiger partial charge in [-0.2, -0.15) is 0 Å². The highest BCUT2D eigenvalue weighted by Crippen LogP contribution is 2.33. The number of carbonyl (C=O) groups is 2. The molecule has 4 rings (SSSR count). The van der Waals surface area contributed by atoms with E-state index in [1.54, 1.807) is 9.80 Å². The Morgan fingerprint density at radius 2 is 1.87 bits per heavy atom. The number of ether oxygens (including phenoxy) is 1. The van der Waals surface area contributed by atoms with E-state index in [9.17, 15) is 9.59 Å². The predicted molar refractivity (Wildman–Crippen MR) is 116 cm³/mol. The lowest BCUT2D eigenvalue weighted by atomic mass is 10.1. The SMILES string of the molecule is Cc1ccc2c(c1)OCC(=O)N2Cc1ccc(C(=O)NCC[NH+]2CCCCC2)cc1. The van der Waals surface area contributed by atoms with Gasteiger partial charge in [0.1, 0.15) is 5.75 Å². The molecule has 2 heterocycles. The Hall–Kier alpha value is -2.86. The van der Waals surface area contributed by atoms with E-state index in [2.05, 4.69) is 5.32 Å². The summed E-state index contributed by atoms with van der Waals surface area (Å²) in [4.78, 5) is 28.2. The highest BCUT2D eigenvalue weighted by Gasteiger charge is 2.25. The second-order valence-corrected chi connectivity index (χ2v) is 8.25. The maximum Gasteiger partial charge on any atom is 0.265 e. The molecule has 1 saturated heterocycles. The third kappa shape index (κ3) is 4.82. The number of benzene rings is 2. The van der Waals surface area contributed by atoms with E-state index in [1.807, 2.05) is 49.4 Å². The van der Waals surface area contributed by atoms with Crippen LogP contribution >= 0.6 is 0 Å². The first kappa shape index (κ1) is 20.4. The van der Waals surface area contributed by atoms with E-state index in [4.69, 9.17) is 4.74 Å². The minimum absolute atomic E-state index is 0.0405. The number of quaternary nitrogens is 1. The van der Waals surface area contributed by atoms with Crippen molar-refractivity contribution in [3.63, 3.8) is 0 Å². The number of piperidine rings is 1. The third-order valence-electron chi connectivity index (χ3n) is 5.94. The van der Waals surface area contributed by atoms with Crippen LogP contribution in [-0.4, -0.2) is 44.6 Å². The number of hydrogen-bond acceptors (Lipinski definition) is 3. The third-order valence-corrected chi connectivity index (χ3v) is 5.94. The van der Waals surface area contributed by atoms with Crippen LogP contribution in [0.5, 0.6) is 5.75 Å². The number of nitrogens with zero attached hydrogens (tertiary/aromatic N) is 1. The molecule has 158 valence electrons. The Labute approximate surface area is 177 Å². The molecule has 0 atom stereocenters. The van der Waals surface area contributed by atoms with Gasteiger partial charge in [-0.05, 0) is 61.6 Å². The van der Waals surface area contributed by atoms with Crippen LogP contribution in [0.3, 0.4) is 0 Å². The Morgan fingerprint density at radius 1 is 1.10 bits per heavy atom. The Morgan fingerprint density at radius 3 is 2.63 bits per heavy atom. The maximum atomic E-state index is 12.4. The first-order chi connectivity index (χ1) is 14.6. The monoisotopic (exact) mass is 408 g/mol. The molecule has 6 heteroatoms. The van der Waals surface area contributed by atoms with Gasteiger partial charge in [0.05, 0.1) is 38.4 Å². The zero-order valence-corrected chi connectivity index (χ0v) is 17.6. The van der Waals surface area contributed by atoms with Gasteiger partial charge < -0.3 is 19.9 Å². The number of hydrogen-bond donors (Lipinski definition) is 2. The van der Waals surface area contributed by atoms with Crippen LogP contribution in [0.2, 0.25) is 0 Å². The second-order valence-electron chi connectivity index (χ2n) is 8.25. The average Bonchev–Trinajstić information content (AvgIpc) is 2.77. The normalized spacial score (nSPS) is 16.7. The fourth-order valence-electron chi connectivity index (χ4n) is 4.19. The van der Waals surface area contributed by atoms with Gasteiger partial charge in [0, 0.05) is 5.56 Å². The summed E-state index contributed by atoms with van der Waals surface area (Å²) in [5.41, 5.74) is 3.52. The summed E-state index contributed by atoms with van der Waals surface area (Å²) in [5, 5.41) is 3.03. The molecule has 2 N–H and O–H groups in total. The molecule has 0 spiro atoms. The number of aryl methyl sites for hydroxylation is 1. The molecular formula is C24H30N3O3+. The number of anilines is 1. The molecular weight excluding hydrogens is 378 g/mol. The molecule has 0 aliphatic carbocycles. The smallest absolute Gasteiger partial charge is 0.265 e. The van der Waals surface area contributed by atoms with Gasteiger partial charge >= 0.3 is 0 Å². The van der Waals surface area contributed by atoms with Crippen molar-refractivity contribution in [2.45, 2.75) is 32.7 Å². The molecule has 2 aliphatic heterocycles. The molecule has 0 saturated carbocycles. The van der Waals surface area contributed by atoms with Crippen LogP contribution in [-0.2, 0) is 11.3 Å². The van der Waals surface area contributed by atoms with Gasteiger partial charge in [-0.15, -0.1) is 0 Å². The molecule has 2 amide bonds. The van der Waals surface area contributed by atoms with Gasteiger partial charge in [-0.25, -0.2) is 0 Å². The second kappa shape index (κ2) is 9.30. The number of nitrogens with one attached hydrogen (secondary N) is 2. The molecule has 1 fully saturated rings. The first-order valence-electron chi connectivity index (χ1n) is 10.8. The fourth-order valence-corrected chi connectivity index (χ4v) is 4.19. The number of amides is 2. The summed E-state index contributed by atoms with van der Waals surface area (Å²) >= 11 is 0. The van der Waals surface area contributed by atoms with Crippen molar-refractivity contribution in [3.05, 3.63) is 59.2 Å². The molecule has 6 nitrogen and oxygen atoms in total. The van der Waals surface area contributed by atoms with Crippen LogP contribution in [0.4, 0.5) is 5.69 Å². The van der Waals surface area contributed by atoms with E-state index in [0.29, 0.717) is 18.7 Å². The van der Waals surface area contributed by atoms with Crippen molar-refractivity contribution in [3.8, 4) is 5.75 Å². The van der Waals surface area contributed by atoms with E-state index >= 15 is 0 Å². The summed E-state index contributed by atoms with van der Waals surface area (Å²) < 4.78 is 5.57. The van der Waals surface area contributed by atoms with Crippen molar-refractivity contribution >= 4 is 17.5 Å². The zero-order valence-electron chi connectivity index (χ0n) is 17.6. The zero-order chi connectivity index (χ0) is 20.9. The minimum atomic E-state index is -0.0617. The molecule has 0 aromatic heterocycles. The number of likely N-dealkylation sites (tertiary alicyclic amines) is 1. The van der Waals surface area contributed by atoms with Crippen molar-refractivity contribution in [1.82, 2.24) is 5.32 Å².